The zero-order valence-electron chi connectivity index (χ0n) is 9.00. The first kappa shape index (κ1) is 10.5. The molecule has 0 aromatic carbocycles. The number of thiophene rings is 1. The van der Waals surface area contributed by atoms with Gasteiger partial charge in [0.15, 0.2) is 0 Å². The van der Waals surface area contributed by atoms with Gasteiger partial charge in [-0.15, -0.1) is 11.3 Å². The van der Waals surface area contributed by atoms with Crippen LogP contribution in [0.3, 0.4) is 0 Å². The summed E-state index contributed by atoms with van der Waals surface area (Å²) >= 11 is 1.78. The number of cyclic esters (lactones) is 1. The number of hydrogen-bond donors (Lipinski definition) is 1. The molecule has 1 fully saturated rings. The first-order valence-electron chi connectivity index (χ1n) is 5.07. The summed E-state index contributed by atoms with van der Waals surface area (Å²) in [4.78, 5) is 12.4. The van der Waals surface area contributed by atoms with Crippen LogP contribution >= 0.6 is 11.3 Å². The molecule has 1 aromatic heterocycles. The quantitative estimate of drug-likeness (QED) is 0.858. The van der Waals surface area contributed by atoms with Gasteiger partial charge in [-0.3, -0.25) is 0 Å². The third-order valence-corrected chi connectivity index (χ3v) is 3.88. The molecule has 1 aliphatic heterocycles. The molecule has 2 heterocycles. The smallest absolute Gasteiger partial charge is 0.407 e. The molecule has 15 heavy (non-hydrogen) atoms. The van der Waals surface area contributed by atoms with E-state index in [2.05, 4.69) is 23.7 Å². The maximum Gasteiger partial charge on any atom is 0.407 e. The van der Waals surface area contributed by atoms with Crippen LogP contribution in [0.1, 0.15) is 23.8 Å². The van der Waals surface area contributed by atoms with Crippen molar-refractivity contribution in [2.75, 3.05) is 6.61 Å². The minimum absolute atomic E-state index is 0.187. The largest absolute Gasteiger partial charge is 0.447 e. The van der Waals surface area contributed by atoms with Crippen LogP contribution in [0.4, 0.5) is 4.79 Å². The Hall–Kier alpha value is -1.03. The van der Waals surface area contributed by atoms with Gasteiger partial charge in [-0.1, -0.05) is 0 Å². The lowest BCUT2D eigenvalue weighted by atomic mass is 9.97. The number of aryl methyl sites for hydroxylation is 2. The topological polar surface area (TPSA) is 38.3 Å². The molecule has 0 aliphatic carbocycles. The highest BCUT2D eigenvalue weighted by Gasteiger charge is 2.34. The molecule has 0 bridgehead atoms. The Bertz CT molecular complexity index is 374. The highest BCUT2D eigenvalue weighted by Crippen LogP contribution is 2.23. The molecule has 1 N–H and O–H groups in total. The summed E-state index contributed by atoms with van der Waals surface area (Å²) in [7, 11) is 0. The second kappa shape index (κ2) is 3.85. The molecule has 0 radical (unpaired) electrons. The predicted octanol–water partition coefficient (Wildman–Crippen LogP) is 2.49. The number of alkyl carbamates (subject to hydrolysis) is 1. The summed E-state index contributed by atoms with van der Waals surface area (Å²) in [5.41, 5.74) is 1.15. The molecule has 3 nitrogen and oxygen atoms in total. The number of hydrogen-bond acceptors (Lipinski definition) is 3. The van der Waals surface area contributed by atoms with Crippen molar-refractivity contribution in [3.63, 3.8) is 0 Å². The van der Waals surface area contributed by atoms with Gasteiger partial charge in [-0.25, -0.2) is 4.79 Å². The van der Waals surface area contributed by atoms with Crippen molar-refractivity contribution in [1.82, 2.24) is 5.32 Å². The number of ether oxygens (including phenoxy) is 1. The van der Waals surface area contributed by atoms with E-state index in [-0.39, 0.29) is 11.6 Å². The lowest BCUT2D eigenvalue weighted by molar-refractivity contribution is 0.172. The van der Waals surface area contributed by atoms with Crippen molar-refractivity contribution >= 4 is 17.4 Å². The van der Waals surface area contributed by atoms with E-state index in [0.29, 0.717) is 6.61 Å². The van der Waals surface area contributed by atoms with Gasteiger partial charge in [0.05, 0.1) is 5.54 Å². The minimum Gasteiger partial charge on any atom is -0.447 e. The number of carbonyl (C=O) groups is 1. The second-order valence-corrected chi connectivity index (χ2v) is 5.29. The lowest BCUT2D eigenvalue weighted by Gasteiger charge is -2.20. The maximum atomic E-state index is 11.0. The van der Waals surface area contributed by atoms with Crippen LogP contribution in [0.5, 0.6) is 0 Å². The number of amides is 1. The van der Waals surface area contributed by atoms with Gasteiger partial charge in [-0.05, 0) is 43.7 Å². The highest BCUT2D eigenvalue weighted by atomic mass is 32.1. The van der Waals surface area contributed by atoms with Crippen LogP contribution in [0.2, 0.25) is 0 Å². The fourth-order valence-corrected chi connectivity index (χ4v) is 2.64. The Balaban J connectivity index is 1.93. The normalized spacial score (nSPS) is 25.1. The molecule has 2 rings (SSSR count). The van der Waals surface area contributed by atoms with Crippen LogP contribution in [-0.2, 0) is 11.2 Å². The Labute approximate surface area is 93.4 Å². The van der Waals surface area contributed by atoms with E-state index in [1.807, 2.05) is 6.92 Å². The van der Waals surface area contributed by atoms with Crippen molar-refractivity contribution in [3.8, 4) is 0 Å². The standard InChI is InChI=1S/C11H15NO2S/c1-8-4-6-15-9(8)3-5-11(2)7-14-10(13)12-11/h4,6H,3,5,7H2,1-2H3,(H,12,13)/t11-/m1/s1. The predicted molar refractivity (Wildman–Crippen MR) is 60.3 cm³/mol. The fraction of sp³-hybridized carbons (Fsp3) is 0.545. The molecule has 0 unspecified atom stereocenters. The van der Waals surface area contributed by atoms with Gasteiger partial charge in [0, 0.05) is 4.88 Å². The molecule has 0 spiro atoms. The molecule has 1 atom stereocenters. The van der Waals surface area contributed by atoms with Crippen molar-refractivity contribution in [3.05, 3.63) is 21.9 Å². The summed E-state index contributed by atoms with van der Waals surface area (Å²) in [6.07, 6.45) is 1.64. The SMILES string of the molecule is Cc1ccsc1CC[C@]1(C)COC(=O)N1. The first-order valence-corrected chi connectivity index (χ1v) is 5.95. The van der Waals surface area contributed by atoms with E-state index in [9.17, 15) is 4.79 Å². The van der Waals surface area contributed by atoms with E-state index in [1.54, 1.807) is 11.3 Å². The number of rotatable bonds is 3. The van der Waals surface area contributed by atoms with Crippen LogP contribution < -0.4 is 5.32 Å². The zero-order valence-corrected chi connectivity index (χ0v) is 9.82. The summed E-state index contributed by atoms with van der Waals surface area (Å²) in [6.45, 7) is 4.63. The Kier molecular flexibility index (Phi) is 2.69. The van der Waals surface area contributed by atoms with Gasteiger partial charge in [0.1, 0.15) is 6.61 Å². The van der Waals surface area contributed by atoms with Crippen molar-refractivity contribution in [1.29, 1.82) is 0 Å². The second-order valence-electron chi connectivity index (χ2n) is 4.29. The number of nitrogens with one attached hydrogen (secondary N) is 1. The van der Waals surface area contributed by atoms with Crippen LogP contribution in [0, 0.1) is 6.92 Å². The fourth-order valence-electron chi connectivity index (χ4n) is 1.73. The van der Waals surface area contributed by atoms with Crippen molar-refractivity contribution in [2.45, 2.75) is 32.2 Å². The molecule has 1 saturated heterocycles. The minimum atomic E-state index is -0.291. The first-order chi connectivity index (χ1) is 7.09. The van der Waals surface area contributed by atoms with Crippen LogP contribution in [-0.4, -0.2) is 18.2 Å². The Morgan fingerprint density at radius 1 is 1.67 bits per heavy atom. The molecular formula is C11H15NO2S. The average molecular weight is 225 g/mol. The van der Waals surface area contributed by atoms with Crippen LogP contribution in [0.15, 0.2) is 11.4 Å². The molecule has 1 amide bonds. The molecule has 1 aromatic rings. The number of carbonyl (C=O) groups excluding carboxylic acids is 1. The molecule has 0 saturated carbocycles. The third-order valence-electron chi connectivity index (χ3n) is 2.80. The van der Waals surface area contributed by atoms with Crippen molar-refractivity contribution in [2.24, 2.45) is 0 Å². The highest BCUT2D eigenvalue weighted by molar-refractivity contribution is 7.10. The molecule has 1 aliphatic rings. The Morgan fingerprint density at radius 3 is 3.00 bits per heavy atom. The Morgan fingerprint density at radius 2 is 2.47 bits per heavy atom. The maximum absolute atomic E-state index is 11.0. The molecule has 82 valence electrons. The van der Waals surface area contributed by atoms with Crippen molar-refractivity contribution < 1.29 is 9.53 Å². The van der Waals surface area contributed by atoms with Crippen LogP contribution in [0.25, 0.3) is 0 Å². The van der Waals surface area contributed by atoms with Gasteiger partial charge in [-0.2, -0.15) is 0 Å². The van der Waals surface area contributed by atoms with E-state index < -0.39 is 0 Å². The van der Waals surface area contributed by atoms with Gasteiger partial charge in [0.2, 0.25) is 0 Å². The molecule has 4 heteroatoms. The zero-order chi connectivity index (χ0) is 10.9. The third kappa shape index (κ3) is 2.31. The van der Waals surface area contributed by atoms with Gasteiger partial charge < -0.3 is 10.1 Å². The van der Waals surface area contributed by atoms with Gasteiger partial charge >= 0.3 is 6.09 Å². The molecular weight excluding hydrogens is 210 g/mol. The van der Waals surface area contributed by atoms with Gasteiger partial charge in [0.25, 0.3) is 0 Å². The van der Waals surface area contributed by atoms with E-state index in [0.717, 1.165) is 12.8 Å². The monoisotopic (exact) mass is 225 g/mol. The summed E-state index contributed by atoms with van der Waals surface area (Å²) in [5.74, 6) is 0. The summed E-state index contributed by atoms with van der Waals surface area (Å²) in [6, 6.07) is 2.13. The average Bonchev–Trinajstić information content (AvgIpc) is 2.71. The van der Waals surface area contributed by atoms with E-state index >= 15 is 0 Å². The summed E-state index contributed by atoms with van der Waals surface area (Å²) in [5, 5.41) is 4.96. The lowest BCUT2D eigenvalue weighted by Crippen LogP contribution is -2.40. The van der Waals surface area contributed by atoms with E-state index in [4.69, 9.17) is 4.74 Å². The van der Waals surface area contributed by atoms with E-state index in [1.165, 1.54) is 10.4 Å². The summed E-state index contributed by atoms with van der Waals surface area (Å²) < 4.78 is 4.92.